The summed E-state index contributed by atoms with van der Waals surface area (Å²) in [6, 6.07) is 5.01. The molecule has 2 nitrogen and oxygen atoms in total. The molecule has 1 aromatic rings. The minimum Gasteiger partial charge on any atom is -0.493 e. The number of alkyl halides is 3. The lowest BCUT2D eigenvalue weighted by Gasteiger charge is -2.14. The minimum absolute atomic E-state index is 0.0289. The zero-order chi connectivity index (χ0) is 13.6. The Morgan fingerprint density at radius 3 is 2.67 bits per heavy atom. The molecule has 0 unspecified atom stereocenters. The molecule has 6 heteroatoms. The summed E-state index contributed by atoms with van der Waals surface area (Å²) < 4.78 is 43.4. The third-order valence-electron chi connectivity index (χ3n) is 2.16. The lowest BCUT2D eigenvalue weighted by Crippen LogP contribution is -2.10. The van der Waals surface area contributed by atoms with Crippen LogP contribution in [0.1, 0.15) is 17.5 Å². The van der Waals surface area contributed by atoms with Gasteiger partial charge in [0.1, 0.15) is 5.75 Å². The number of thioether (sulfide) groups is 1. The summed E-state index contributed by atoms with van der Waals surface area (Å²) in [7, 11) is 0. The van der Waals surface area contributed by atoms with Crippen LogP contribution in [0.3, 0.4) is 0 Å². The van der Waals surface area contributed by atoms with Crippen LogP contribution >= 0.6 is 11.8 Å². The Labute approximate surface area is 108 Å². The molecule has 0 N–H and O–H groups in total. The van der Waals surface area contributed by atoms with Gasteiger partial charge in [-0.2, -0.15) is 30.2 Å². The maximum absolute atomic E-state index is 12.7. The van der Waals surface area contributed by atoms with E-state index < -0.39 is 11.7 Å². The smallest absolute Gasteiger partial charge is 0.420 e. The van der Waals surface area contributed by atoms with Gasteiger partial charge in [-0.15, -0.1) is 0 Å². The van der Waals surface area contributed by atoms with Crippen molar-refractivity contribution in [3.63, 3.8) is 0 Å². The molecule has 0 aliphatic heterocycles. The Morgan fingerprint density at radius 2 is 2.11 bits per heavy atom. The molecule has 18 heavy (non-hydrogen) atoms. The van der Waals surface area contributed by atoms with Crippen LogP contribution in [-0.2, 0) is 6.18 Å². The molecular weight excluding hydrogens is 263 g/mol. The zero-order valence-corrected chi connectivity index (χ0v) is 10.6. The van der Waals surface area contributed by atoms with E-state index in [1.165, 1.54) is 12.1 Å². The third kappa shape index (κ3) is 4.15. The molecule has 0 saturated heterocycles. The lowest BCUT2D eigenvalue weighted by molar-refractivity contribution is -0.139. The number of halogens is 3. The van der Waals surface area contributed by atoms with Crippen molar-refractivity contribution in [3.8, 4) is 11.8 Å². The minimum atomic E-state index is -4.51. The summed E-state index contributed by atoms with van der Waals surface area (Å²) >= 11 is 1.61. The molecular formula is C12H12F3NOS. The van der Waals surface area contributed by atoms with Crippen molar-refractivity contribution >= 4 is 11.8 Å². The van der Waals surface area contributed by atoms with Crippen LogP contribution in [0, 0.1) is 11.3 Å². The summed E-state index contributed by atoms with van der Waals surface area (Å²) in [5, 5.41) is 8.60. The van der Waals surface area contributed by atoms with Crippen molar-refractivity contribution in [1.29, 1.82) is 5.26 Å². The van der Waals surface area contributed by atoms with Crippen LogP contribution < -0.4 is 4.74 Å². The average molecular weight is 275 g/mol. The normalized spacial score (nSPS) is 11.1. The van der Waals surface area contributed by atoms with E-state index in [-0.39, 0.29) is 17.9 Å². The molecule has 0 aliphatic rings. The molecule has 0 aliphatic carbocycles. The quantitative estimate of drug-likeness (QED) is 0.768. The predicted octanol–water partition coefficient (Wildman–Crippen LogP) is 3.71. The molecule has 0 aromatic heterocycles. The highest BCUT2D eigenvalue weighted by atomic mass is 32.2. The van der Waals surface area contributed by atoms with Crippen LogP contribution in [-0.4, -0.2) is 18.6 Å². The topological polar surface area (TPSA) is 33.0 Å². The molecule has 0 fully saturated rings. The Bertz CT molecular complexity index is 440. The fourth-order valence-electron chi connectivity index (χ4n) is 1.33. The molecule has 0 amide bonds. The van der Waals surface area contributed by atoms with Gasteiger partial charge in [0.25, 0.3) is 0 Å². The maximum atomic E-state index is 12.7. The van der Waals surface area contributed by atoms with Gasteiger partial charge in [-0.25, -0.2) is 0 Å². The largest absolute Gasteiger partial charge is 0.493 e. The monoisotopic (exact) mass is 275 g/mol. The van der Waals surface area contributed by atoms with Crippen molar-refractivity contribution in [2.24, 2.45) is 0 Å². The highest BCUT2D eigenvalue weighted by Crippen LogP contribution is 2.36. The second-order valence-corrected chi connectivity index (χ2v) is 4.50. The Balaban J connectivity index is 2.87. The fourth-order valence-corrected chi connectivity index (χ4v) is 1.74. The van der Waals surface area contributed by atoms with E-state index in [1.54, 1.807) is 17.8 Å². The van der Waals surface area contributed by atoms with Crippen molar-refractivity contribution < 1.29 is 17.9 Å². The number of benzene rings is 1. The van der Waals surface area contributed by atoms with Gasteiger partial charge in [0, 0.05) is 0 Å². The van der Waals surface area contributed by atoms with Crippen molar-refractivity contribution in [1.82, 2.24) is 0 Å². The molecule has 0 bridgehead atoms. The van der Waals surface area contributed by atoms with Crippen molar-refractivity contribution in [3.05, 3.63) is 29.3 Å². The molecule has 0 radical (unpaired) electrons. The second-order valence-electron chi connectivity index (χ2n) is 3.52. The molecule has 1 rings (SSSR count). The first kappa shape index (κ1) is 14.7. The number of nitrogens with zero attached hydrogens (tertiary/aromatic N) is 1. The number of ether oxygens (including phenoxy) is 1. The maximum Gasteiger partial charge on any atom is 0.420 e. The van der Waals surface area contributed by atoms with Gasteiger partial charge in [0.05, 0.1) is 23.8 Å². The van der Waals surface area contributed by atoms with Crippen LogP contribution in [0.4, 0.5) is 13.2 Å². The van der Waals surface area contributed by atoms with Gasteiger partial charge in [0.2, 0.25) is 0 Å². The summed E-state index contributed by atoms with van der Waals surface area (Å²) in [5.41, 5.74) is -0.926. The first-order chi connectivity index (χ1) is 8.49. The molecule has 0 spiro atoms. The summed E-state index contributed by atoms with van der Waals surface area (Å²) in [6.07, 6.45) is -1.91. The molecule has 98 valence electrons. The first-order valence-corrected chi connectivity index (χ1v) is 6.61. The molecule has 0 atom stereocenters. The third-order valence-corrected chi connectivity index (χ3v) is 2.86. The fraction of sp³-hybridized carbons (Fsp3) is 0.417. The number of hydrogen-bond donors (Lipinski definition) is 0. The lowest BCUT2D eigenvalue weighted by atomic mass is 10.1. The van der Waals surface area contributed by atoms with E-state index in [0.717, 1.165) is 11.8 Å². The Morgan fingerprint density at radius 1 is 1.39 bits per heavy atom. The number of hydrogen-bond acceptors (Lipinski definition) is 3. The van der Waals surface area contributed by atoms with Crippen LogP contribution in [0.5, 0.6) is 5.75 Å². The summed E-state index contributed by atoms with van der Waals surface area (Å²) in [4.78, 5) is 0. The standard InChI is InChI=1S/C12H12F3NOS/c1-18-6-2-5-17-11-4-3-9(8-16)7-10(11)12(13,14)15/h3-4,7H,2,5-6H2,1H3. The van der Waals surface area contributed by atoms with E-state index in [4.69, 9.17) is 10.00 Å². The highest BCUT2D eigenvalue weighted by Gasteiger charge is 2.34. The average Bonchev–Trinajstić information content (AvgIpc) is 2.33. The molecule has 0 saturated carbocycles. The second kappa shape index (κ2) is 6.55. The van der Waals surface area contributed by atoms with Gasteiger partial charge in [-0.3, -0.25) is 0 Å². The molecule has 1 aromatic carbocycles. The van der Waals surface area contributed by atoms with Gasteiger partial charge in [-0.05, 0) is 36.6 Å². The van der Waals surface area contributed by atoms with Crippen LogP contribution in [0.2, 0.25) is 0 Å². The van der Waals surface area contributed by atoms with E-state index >= 15 is 0 Å². The first-order valence-electron chi connectivity index (χ1n) is 5.22. The number of nitriles is 1. The highest BCUT2D eigenvalue weighted by molar-refractivity contribution is 7.98. The Hall–Kier alpha value is -1.35. The molecule has 0 heterocycles. The van der Waals surface area contributed by atoms with Gasteiger partial charge >= 0.3 is 6.18 Å². The van der Waals surface area contributed by atoms with Crippen LogP contribution in [0.25, 0.3) is 0 Å². The van der Waals surface area contributed by atoms with E-state index in [1.807, 2.05) is 6.26 Å². The van der Waals surface area contributed by atoms with Crippen molar-refractivity contribution in [2.75, 3.05) is 18.6 Å². The van der Waals surface area contributed by atoms with E-state index in [0.29, 0.717) is 6.42 Å². The Kier molecular flexibility index (Phi) is 5.35. The number of rotatable bonds is 5. The van der Waals surface area contributed by atoms with Crippen molar-refractivity contribution in [2.45, 2.75) is 12.6 Å². The SMILES string of the molecule is CSCCCOc1ccc(C#N)cc1C(F)(F)F. The van der Waals surface area contributed by atoms with Gasteiger partial charge in [-0.1, -0.05) is 0 Å². The van der Waals surface area contributed by atoms with Gasteiger partial charge < -0.3 is 4.74 Å². The van der Waals surface area contributed by atoms with E-state index in [9.17, 15) is 13.2 Å². The summed E-state index contributed by atoms with van der Waals surface area (Å²) in [6.45, 7) is 0.232. The summed E-state index contributed by atoms with van der Waals surface area (Å²) in [5.74, 6) is 0.611. The van der Waals surface area contributed by atoms with Gasteiger partial charge in [0.15, 0.2) is 0 Å². The predicted molar refractivity (Wildman–Crippen MR) is 64.7 cm³/mol. The van der Waals surface area contributed by atoms with Crippen LogP contribution in [0.15, 0.2) is 18.2 Å². The zero-order valence-electron chi connectivity index (χ0n) is 9.75. The van der Waals surface area contributed by atoms with E-state index in [2.05, 4.69) is 0 Å².